The van der Waals surface area contributed by atoms with Gasteiger partial charge in [-0.3, -0.25) is 9.69 Å². The molecule has 1 amide bonds. The van der Waals surface area contributed by atoms with Gasteiger partial charge in [0, 0.05) is 47.6 Å². The molecule has 7 heteroatoms. The fraction of sp³-hybridized carbons (Fsp3) is 0.258. The van der Waals surface area contributed by atoms with E-state index in [-0.39, 0.29) is 5.91 Å². The highest BCUT2D eigenvalue weighted by Crippen LogP contribution is 2.36. The molecule has 2 N–H and O–H groups in total. The zero-order valence-electron chi connectivity index (χ0n) is 21.6. The summed E-state index contributed by atoms with van der Waals surface area (Å²) in [5, 5.41) is 8.52. The number of rotatable bonds is 10. The maximum absolute atomic E-state index is 12.4. The van der Waals surface area contributed by atoms with Gasteiger partial charge in [-0.25, -0.2) is 0 Å². The van der Waals surface area contributed by atoms with Gasteiger partial charge >= 0.3 is 0 Å². The maximum atomic E-state index is 12.4. The molecule has 4 aromatic carbocycles. The van der Waals surface area contributed by atoms with Crippen LogP contribution in [0.25, 0.3) is 10.8 Å². The number of fused-ring (bicyclic) bond motifs is 1. The second-order valence-electron chi connectivity index (χ2n) is 9.21. The van der Waals surface area contributed by atoms with E-state index < -0.39 is 0 Å². The first-order valence-corrected chi connectivity index (χ1v) is 13.0. The number of ether oxygens (including phenoxy) is 3. The van der Waals surface area contributed by atoms with Crippen LogP contribution < -0.4 is 20.1 Å². The third kappa shape index (κ3) is 6.43. The van der Waals surface area contributed by atoms with Crippen LogP contribution in [0.2, 0.25) is 0 Å². The zero-order valence-corrected chi connectivity index (χ0v) is 21.6. The van der Waals surface area contributed by atoms with Gasteiger partial charge in [0.1, 0.15) is 0 Å². The van der Waals surface area contributed by atoms with Crippen LogP contribution in [0.3, 0.4) is 0 Å². The van der Waals surface area contributed by atoms with Gasteiger partial charge < -0.3 is 24.8 Å². The Labute approximate surface area is 223 Å². The topological polar surface area (TPSA) is 72.1 Å². The van der Waals surface area contributed by atoms with Crippen LogP contribution in [0.1, 0.15) is 16.8 Å². The largest absolute Gasteiger partial charge is 0.493 e. The Hall–Kier alpha value is -4.07. The van der Waals surface area contributed by atoms with Gasteiger partial charge in [0.25, 0.3) is 5.91 Å². The number of hydrogen-bond donors (Lipinski definition) is 2. The highest BCUT2D eigenvalue weighted by molar-refractivity contribution is 6.04. The molecule has 1 heterocycles. The first-order valence-electron chi connectivity index (χ1n) is 13.0. The minimum atomic E-state index is -0.133. The summed E-state index contributed by atoms with van der Waals surface area (Å²) in [6.07, 6.45) is 0.949. The van der Waals surface area contributed by atoms with E-state index in [4.69, 9.17) is 14.2 Å². The van der Waals surface area contributed by atoms with Crippen LogP contribution >= 0.6 is 0 Å². The number of carbonyl (C=O) groups excluding carboxylic acids is 1. The summed E-state index contributed by atoms with van der Waals surface area (Å²) in [6, 6.07) is 27.0. The van der Waals surface area contributed by atoms with Crippen LogP contribution in [0.15, 0.2) is 84.9 Å². The Kier molecular flexibility index (Phi) is 8.38. The van der Waals surface area contributed by atoms with Crippen molar-refractivity contribution in [3.8, 4) is 11.5 Å². The van der Waals surface area contributed by atoms with Crippen LogP contribution in [0.5, 0.6) is 11.5 Å². The minimum Gasteiger partial charge on any atom is -0.493 e. The predicted molar refractivity (Wildman–Crippen MR) is 152 cm³/mol. The molecule has 0 atom stereocenters. The molecule has 0 spiro atoms. The zero-order chi connectivity index (χ0) is 26.2. The van der Waals surface area contributed by atoms with Crippen molar-refractivity contribution < 1.29 is 19.0 Å². The van der Waals surface area contributed by atoms with Crippen molar-refractivity contribution in [1.29, 1.82) is 0 Å². The fourth-order valence-electron chi connectivity index (χ4n) is 4.55. The summed E-state index contributed by atoms with van der Waals surface area (Å²) in [7, 11) is 1.67. The number of nitrogens with zero attached hydrogens (tertiary/aromatic N) is 1. The van der Waals surface area contributed by atoms with Crippen molar-refractivity contribution in [3.63, 3.8) is 0 Å². The summed E-state index contributed by atoms with van der Waals surface area (Å²) in [4.78, 5) is 14.8. The molecule has 196 valence electrons. The van der Waals surface area contributed by atoms with Gasteiger partial charge in [-0.05, 0) is 66.4 Å². The molecule has 38 heavy (non-hydrogen) atoms. The predicted octanol–water partition coefficient (Wildman–Crippen LogP) is 5.95. The summed E-state index contributed by atoms with van der Waals surface area (Å²) >= 11 is 0. The summed E-state index contributed by atoms with van der Waals surface area (Å²) in [5.41, 5.74) is 3.23. The molecule has 1 fully saturated rings. The van der Waals surface area contributed by atoms with Gasteiger partial charge in [0.05, 0.1) is 26.9 Å². The smallest absolute Gasteiger partial charge is 0.255 e. The van der Waals surface area contributed by atoms with Gasteiger partial charge in [0.2, 0.25) is 0 Å². The molecule has 0 radical (unpaired) electrons. The molecular weight excluding hydrogens is 478 g/mol. The van der Waals surface area contributed by atoms with E-state index in [0.29, 0.717) is 17.9 Å². The molecule has 0 bridgehead atoms. The Bertz CT molecular complexity index is 1350. The van der Waals surface area contributed by atoms with Crippen molar-refractivity contribution in [3.05, 3.63) is 90.5 Å². The normalized spacial score (nSPS) is 13.7. The van der Waals surface area contributed by atoms with E-state index in [1.807, 2.05) is 66.7 Å². The average molecular weight is 512 g/mol. The van der Waals surface area contributed by atoms with Crippen LogP contribution in [0.4, 0.5) is 17.1 Å². The standard InChI is InChI=1S/C31H33N3O4/c1-36-29-22-27-24(21-30(29)38-18-6-15-34-16-19-37-20-17-34)9-5-10-28(27)32-25-11-13-26(14-12-25)33-31(35)23-7-3-2-4-8-23/h2-5,7-14,21-22,32H,6,15-20H2,1H3,(H,33,35). The number of nitrogens with one attached hydrogen (secondary N) is 2. The van der Waals surface area contributed by atoms with Crippen LogP contribution in [-0.2, 0) is 4.74 Å². The van der Waals surface area contributed by atoms with E-state index in [1.165, 1.54) is 0 Å². The van der Waals surface area contributed by atoms with Gasteiger partial charge in [-0.1, -0.05) is 30.3 Å². The van der Waals surface area contributed by atoms with Gasteiger partial charge in [-0.15, -0.1) is 0 Å². The number of carbonyl (C=O) groups is 1. The second-order valence-corrected chi connectivity index (χ2v) is 9.21. The molecule has 4 aromatic rings. The third-order valence-corrected chi connectivity index (χ3v) is 6.60. The molecule has 0 unspecified atom stereocenters. The van der Waals surface area contributed by atoms with Crippen LogP contribution in [0, 0.1) is 0 Å². The number of benzene rings is 4. The quantitative estimate of drug-likeness (QED) is 0.257. The number of amides is 1. The maximum Gasteiger partial charge on any atom is 0.255 e. The molecule has 0 aromatic heterocycles. The molecule has 0 aliphatic carbocycles. The minimum absolute atomic E-state index is 0.133. The third-order valence-electron chi connectivity index (χ3n) is 6.60. The summed E-state index contributed by atoms with van der Waals surface area (Å²) in [5.74, 6) is 1.32. The van der Waals surface area contributed by atoms with Crippen molar-refractivity contribution >= 4 is 33.7 Å². The average Bonchev–Trinajstić information content (AvgIpc) is 2.97. The molecule has 7 nitrogen and oxygen atoms in total. The SMILES string of the molecule is COc1cc2c(Nc3ccc(NC(=O)c4ccccc4)cc3)cccc2cc1OCCCN1CCOCC1. The highest BCUT2D eigenvalue weighted by Gasteiger charge is 2.12. The number of hydrogen-bond acceptors (Lipinski definition) is 6. The molecule has 1 aliphatic rings. The number of methoxy groups -OCH3 is 1. The van der Waals surface area contributed by atoms with Crippen molar-refractivity contribution in [2.45, 2.75) is 6.42 Å². The van der Waals surface area contributed by atoms with Gasteiger partial charge in [-0.2, -0.15) is 0 Å². The molecule has 1 saturated heterocycles. The van der Waals surface area contributed by atoms with Gasteiger partial charge in [0.15, 0.2) is 11.5 Å². The lowest BCUT2D eigenvalue weighted by Gasteiger charge is -2.26. The van der Waals surface area contributed by atoms with Crippen LogP contribution in [-0.4, -0.2) is 57.4 Å². The Morgan fingerprint density at radius 1 is 0.895 bits per heavy atom. The first-order chi connectivity index (χ1) is 18.7. The number of morpholine rings is 1. The lowest BCUT2D eigenvalue weighted by molar-refractivity contribution is 0.0357. The molecule has 0 saturated carbocycles. The molecule has 5 rings (SSSR count). The highest BCUT2D eigenvalue weighted by atomic mass is 16.5. The molecule has 1 aliphatic heterocycles. The van der Waals surface area contributed by atoms with Crippen molar-refractivity contribution in [2.75, 3.05) is 57.2 Å². The van der Waals surface area contributed by atoms with Crippen molar-refractivity contribution in [2.24, 2.45) is 0 Å². The fourth-order valence-corrected chi connectivity index (χ4v) is 4.55. The van der Waals surface area contributed by atoms with E-state index in [1.54, 1.807) is 19.2 Å². The van der Waals surface area contributed by atoms with E-state index >= 15 is 0 Å². The lowest BCUT2D eigenvalue weighted by atomic mass is 10.1. The Morgan fingerprint density at radius 2 is 1.66 bits per heavy atom. The van der Waals surface area contributed by atoms with E-state index in [0.717, 1.165) is 72.9 Å². The Balaban J connectivity index is 1.24. The van der Waals surface area contributed by atoms with E-state index in [9.17, 15) is 4.79 Å². The lowest BCUT2D eigenvalue weighted by Crippen LogP contribution is -2.37. The van der Waals surface area contributed by atoms with Crippen molar-refractivity contribution in [1.82, 2.24) is 4.90 Å². The number of anilines is 3. The summed E-state index contributed by atoms with van der Waals surface area (Å²) in [6.45, 7) is 5.22. The summed E-state index contributed by atoms with van der Waals surface area (Å²) < 4.78 is 17.2. The monoisotopic (exact) mass is 511 g/mol. The molecular formula is C31H33N3O4. The first kappa shape index (κ1) is 25.6. The second kappa shape index (κ2) is 12.4. The van der Waals surface area contributed by atoms with E-state index in [2.05, 4.69) is 21.6 Å². The Morgan fingerprint density at radius 3 is 2.42 bits per heavy atom.